The maximum atomic E-state index is 13.7. The standard InChI is InChI=1S/C23H26F2N2O3/c1-30-19-7-4-16(5-8-19)2-3-17-10-12-27(13-11-17)22(28)15-26-23(29)20-9-6-18(24)14-21(20)25/h4-9,14,17H,2-3,10-13,15H2,1H3,(H,26,29). The number of benzene rings is 2. The molecule has 0 aliphatic carbocycles. The highest BCUT2D eigenvalue weighted by molar-refractivity contribution is 5.96. The van der Waals surface area contributed by atoms with Crippen LogP contribution in [0.4, 0.5) is 8.78 Å². The van der Waals surface area contributed by atoms with Crippen LogP contribution >= 0.6 is 0 Å². The van der Waals surface area contributed by atoms with Crippen molar-refractivity contribution >= 4 is 11.8 Å². The van der Waals surface area contributed by atoms with Gasteiger partial charge in [0, 0.05) is 19.2 Å². The molecule has 0 unspecified atom stereocenters. The Morgan fingerprint density at radius 3 is 2.43 bits per heavy atom. The highest BCUT2D eigenvalue weighted by atomic mass is 19.1. The Morgan fingerprint density at radius 1 is 1.10 bits per heavy atom. The molecule has 0 saturated carbocycles. The van der Waals surface area contributed by atoms with Gasteiger partial charge >= 0.3 is 0 Å². The molecule has 5 nitrogen and oxygen atoms in total. The van der Waals surface area contributed by atoms with E-state index in [2.05, 4.69) is 17.4 Å². The predicted molar refractivity (Wildman–Crippen MR) is 109 cm³/mol. The summed E-state index contributed by atoms with van der Waals surface area (Å²) in [7, 11) is 1.65. The van der Waals surface area contributed by atoms with Crippen molar-refractivity contribution in [2.45, 2.75) is 25.7 Å². The number of likely N-dealkylation sites (tertiary alicyclic amines) is 1. The summed E-state index contributed by atoms with van der Waals surface area (Å²) in [4.78, 5) is 26.1. The fraction of sp³-hybridized carbons (Fsp3) is 0.391. The largest absolute Gasteiger partial charge is 0.497 e. The molecule has 1 saturated heterocycles. The Morgan fingerprint density at radius 2 is 1.80 bits per heavy atom. The van der Waals surface area contributed by atoms with E-state index in [0.29, 0.717) is 25.1 Å². The summed E-state index contributed by atoms with van der Waals surface area (Å²) >= 11 is 0. The molecule has 2 amide bonds. The van der Waals surface area contributed by atoms with Gasteiger partial charge in [0.15, 0.2) is 0 Å². The third-order valence-electron chi connectivity index (χ3n) is 5.54. The molecule has 1 heterocycles. The molecular formula is C23H26F2N2O3. The topological polar surface area (TPSA) is 58.6 Å². The Kier molecular flexibility index (Phi) is 7.38. The van der Waals surface area contributed by atoms with Gasteiger partial charge in [-0.2, -0.15) is 0 Å². The van der Waals surface area contributed by atoms with Crippen LogP contribution in [0.5, 0.6) is 5.75 Å². The first kappa shape index (κ1) is 21.7. The van der Waals surface area contributed by atoms with Crippen LogP contribution in [0.25, 0.3) is 0 Å². The van der Waals surface area contributed by atoms with Gasteiger partial charge in [-0.05, 0) is 61.4 Å². The molecule has 0 radical (unpaired) electrons. The van der Waals surface area contributed by atoms with Crippen molar-refractivity contribution in [3.05, 3.63) is 65.2 Å². The SMILES string of the molecule is COc1ccc(CCC2CCN(C(=O)CNC(=O)c3ccc(F)cc3F)CC2)cc1. The zero-order valence-electron chi connectivity index (χ0n) is 17.0. The van der Waals surface area contributed by atoms with Gasteiger partial charge < -0.3 is 15.0 Å². The maximum absolute atomic E-state index is 13.7. The number of nitrogens with zero attached hydrogens (tertiary/aromatic N) is 1. The summed E-state index contributed by atoms with van der Waals surface area (Å²) < 4.78 is 31.8. The molecule has 1 N–H and O–H groups in total. The van der Waals surface area contributed by atoms with E-state index in [9.17, 15) is 18.4 Å². The zero-order chi connectivity index (χ0) is 21.5. The third-order valence-corrected chi connectivity index (χ3v) is 5.54. The summed E-state index contributed by atoms with van der Waals surface area (Å²) in [6.45, 7) is 1.09. The van der Waals surface area contributed by atoms with Crippen LogP contribution in [0.3, 0.4) is 0 Å². The van der Waals surface area contributed by atoms with Crippen LogP contribution in [0.15, 0.2) is 42.5 Å². The monoisotopic (exact) mass is 416 g/mol. The second-order valence-electron chi connectivity index (χ2n) is 7.52. The molecule has 30 heavy (non-hydrogen) atoms. The van der Waals surface area contributed by atoms with Crippen LogP contribution in [-0.4, -0.2) is 43.5 Å². The van der Waals surface area contributed by atoms with Gasteiger partial charge in [0.2, 0.25) is 5.91 Å². The Bertz CT molecular complexity index is 879. The summed E-state index contributed by atoms with van der Waals surface area (Å²) in [5.74, 6) is -1.22. The zero-order valence-corrected chi connectivity index (χ0v) is 17.0. The molecule has 2 aromatic carbocycles. The fourth-order valence-corrected chi connectivity index (χ4v) is 3.67. The molecule has 0 atom stereocenters. The molecule has 160 valence electrons. The highest BCUT2D eigenvalue weighted by Gasteiger charge is 2.23. The number of hydrogen-bond acceptors (Lipinski definition) is 3. The van der Waals surface area contributed by atoms with Gasteiger partial charge in [-0.3, -0.25) is 9.59 Å². The molecule has 0 bridgehead atoms. The van der Waals surface area contributed by atoms with Crippen LogP contribution in [-0.2, 0) is 11.2 Å². The van der Waals surface area contributed by atoms with Crippen molar-refractivity contribution < 1.29 is 23.1 Å². The van der Waals surface area contributed by atoms with E-state index < -0.39 is 17.5 Å². The van der Waals surface area contributed by atoms with Crippen molar-refractivity contribution in [1.82, 2.24) is 10.2 Å². The quantitative estimate of drug-likeness (QED) is 0.751. The number of methoxy groups -OCH3 is 1. The van der Waals surface area contributed by atoms with Crippen molar-refractivity contribution in [2.75, 3.05) is 26.7 Å². The number of carbonyl (C=O) groups is 2. The minimum absolute atomic E-state index is 0.195. The molecule has 2 aromatic rings. The van der Waals surface area contributed by atoms with Crippen molar-refractivity contribution in [2.24, 2.45) is 5.92 Å². The van der Waals surface area contributed by atoms with Crippen LogP contribution in [0, 0.1) is 17.6 Å². The van der Waals surface area contributed by atoms with Gasteiger partial charge in [0.25, 0.3) is 5.91 Å². The number of nitrogens with one attached hydrogen (secondary N) is 1. The lowest BCUT2D eigenvalue weighted by Gasteiger charge is -2.32. The number of rotatable bonds is 7. The van der Waals surface area contributed by atoms with Gasteiger partial charge in [-0.15, -0.1) is 0 Å². The Balaban J connectivity index is 1.39. The minimum Gasteiger partial charge on any atom is -0.497 e. The Hall–Kier alpha value is -2.96. The van der Waals surface area contributed by atoms with E-state index in [1.54, 1.807) is 12.0 Å². The summed E-state index contributed by atoms with van der Waals surface area (Å²) in [5, 5.41) is 2.42. The third kappa shape index (κ3) is 5.78. The summed E-state index contributed by atoms with van der Waals surface area (Å²) in [6.07, 6.45) is 3.89. The molecule has 7 heteroatoms. The maximum Gasteiger partial charge on any atom is 0.254 e. The fourth-order valence-electron chi connectivity index (χ4n) is 3.67. The molecule has 1 fully saturated rings. The van der Waals surface area contributed by atoms with E-state index >= 15 is 0 Å². The summed E-state index contributed by atoms with van der Waals surface area (Å²) in [5.41, 5.74) is 0.992. The average molecular weight is 416 g/mol. The second-order valence-corrected chi connectivity index (χ2v) is 7.52. The lowest BCUT2D eigenvalue weighted by molar-refractivity contribution is -0.131. The van der Waals surface area contributed by atoms with Gasteiger partial charge in [-0.25, -0.2) is 8.78 Å². The van der Waals surface area contributed by atoms with Crippen LogP contribution < -0.4 is 10.1 Å². The number of hydrogen-bond donors (Lipinski definition) is 1. The minimum atomic E-state index is -0.947. The van der Waals surface area contributed by atoms with Crippen molar-refractivity contribution in [3.8, 4) is 5.75 Å². The Labute approximate surface area is 175 Å². The number of piperidine rings is 1. The summed E-state index contributed by atoms with van der Waals surface area (Å²) in [6, 6.07) is 10.8. The van der Waals surface area contributed by atoms with Crippen LogP contribution in [0.2, 0.25) is 0 Å². The first-order valence-electron chi connectivity index (χ1n) is 10.1. The molecule has 0 aromatic heterocycles. The number of halogens is 2. The lowest BCUT2D eigenvalue weighted by atomic mass is 9.90. The van der Waals surface area contributed by atoms with Gasteiger partial charge in [-0.1, -0.05) is 12.1 Å². The van der Waals surface area contributed by atoms with Crippen molar-refractivity contribution in [1.29, 1.82) is 0 Å². The normalized spacial score (nSPS) is 14.4. The predicted octanol–water partition coefficient (Wildman–Crippen LogP) is 3.57. The lowest BCUT2D eigenvalue weighted by Crippen LogP contribution is -2.44. The number of ether oxygens (including phenoxy) is 1. The van der Waals surface area contributed by atoms with E-state index in [4.69, 9.17) is 4.74 Å². The van der Waals surface area contributed by atoms with Gasteiger partial charge in [0.05, 0.1) is 19.2 Å². The second kappa shape index (κ2) is 10.2. The number of carbonyl (C=O) groups excluding carboxylic acids is 2. The molecule has 0 spiro atoms. The molecule has 3 rings (SSSR count). The van der Waals surface area contributed by atoms with Crippen molar-refractivity contribution in [3.63, 3.8) is 0 Å². The van der Waals surface area contributed by atoms with E-state index in [1.807, 2.05) is 12.1 Å². The van der Waals surface area contributed by atoms with E-state index in [0.717, 1.165) is 43.6 Å². The van der Waals surface area contributed by atoms with Crippen LogP contribution in [0.1, 0.15) is 35.2 Å². The number of amides is 2. The highest BCUT2D eigenvalue weighted by Crippen LogP contribution is 2.23. The number of aryl methyl sites for hydroxylation is 1. The van der Waals surface area contributed by atoms with E-state index in [1.165, 1.54) is 5.56 Å². The molecule has 1 aliphatic rings. The first-order chi connectivity index (χ1) is 14.5. The van der Waals surface area contributed by atoms with E-state index in [-0.39, 0.29) is 18.0 Å². The molecule has 1 aliphatic heterocycles. The average Bonchev–Trinajstić information content (AvgIpc) is 2.76. The van der Waals surface area contributed by atoms with Gasteiger partial charge in [0.1, 0.15) is 17.4 Å². The smallest absolute Gasteiger partial charge is 0.254 e. The first-order valence-corrected chi connectivity index (χ1v) is 10.1. The molecular weight excluding hydrogens is 390 g/mol.